The molecule has 4 fully saturated rings. The topological polar surface area (TPSA) is 480 Å². The van der Waals surface area contributed by atoms with E-state index in [0.29, 0.717) is 18.8 Å². The van der Waals surface area contributed by atoms with Crippen LogP contribution in [0.4, 0.5) is 22.7 Å². The molecule has 4 heterocycles. The number of hydrogen-bond donors (Lipinski definition) is 12. The first kappa shape index (κ1) is 74.3. The van der Waals surface area contributed by atoms with Gasteiger partial charge in [0.2, 0.25) is 0 Å². The zero-order valence-electron chi connectivity index (χ0n) is 49.4. The zero-order chi connectivity index (χ0) is 64.7. The molecule has 4 aliphatic heterocycles. The summed E-state index contributed by atoms with van der Waals surface area (Å²) in [7, 11) is 2.50. The summed E-state index contributed by atoms with van der Waals surface area (Å²) in [4.78, 5) is 23.6. The number of esters is 1. The maximum absolute atomic E-state index is 11.4. The van der Waals surface area contributed by atoms with Gasteiger partial charge in [-0.05, 0) is 50.5 Å². The molecule has 12 N–H and O–H groups in total. The molecule has 0 saturated carbocycles. The fourth-order valence-corrected chi connectivity index (χ4v) is 9.62. The Hall–Kier alpha value is -5.19. The van der Waals surface area contributed by atoms with E-state index in [0.717, 1.165) is 49.2 Å². The van der Waals surface area contributed by atoms with Crippen LogP contribution < -0.4 is 4.90 Å². The molecule has 2 aromatic rings. The molecule has 4 aliphatic rings. The van der Waals surface area contributed by atoms with Gasteiger partial charge in [0, 0.05) is 52.1 Å². The lowest BCUT2D eigenvalue weighted by molar-refractivity contribution is -0.384. The van der Waals surface area contributed by atoms with Crippen LogP contribution in [-0.2, 0) is 56.9 Å². The number of rotatable bonds is 26. The number of benzene rings is 2. The minimum atomic E-state index is -1.95. The molecule has 87 heavy (non-hydrogen) atoms. The van der Waals surface area contributed by atoms with Crippen molar-refractivity contribution in [3.63, 3.8) is 0 Å². The quantitative estimate of drug-likeness (QED) is 0.0215. The lowest BCUT2D eigenvalue weighted by atomic mass is 9.94. The largest absolute Gasteiger partial charge is 0.464 e. The fourth-order valence-electron chi connectivity index (χ4n) is 9.62. The number of carbonyl (C=O) groups is 1. The summed E-state index contributed by atoms with van der Waals surface area (Å²) in [5.41, 5.74) is 1.70. The molecule has 20 unspecified atom stereocenters. The van der Waals surface area contributed by atoms with Crippen molar-refractivity contribution in [3.05, 3.63) is 57.1 Å². The van der Waals surface area contributed by atoms with E-state index >= 15 is 0 Å². The molecule has 0 amide bonds. The number of nitrogens with zero attached hydrogens (tertiary/aromatic N) is 6. The van der Waals surface area contributed by atoms with E-state index in [-0.39, 0.29) is 41.7 Å². The van der Waals surface area contributed by atoms with Gasteiger partial charge in [0.05, 0.1) is 74.0 Å². The van der Waals surface area contributed by atoms with Crippen LogP contribution in [0.1, 0.15) is 63.6 Å². The number of ether oxygens (including phenoxy) is 11. The van der Waals surface area contributed by atoms with E-state index in [4.69, 9.17) is 57.2 Å². The molecular formula is C55H84N6O26. The van der Waals surface area contributed by atoms with Crippen molar-refractivity contribution >= 4 is 28.7 Å². The van der Waals surface area contributed by atoms with E-state index in [1.54, 1.807) is 6.07 Å². The fraction of sp³-hybridized carbons (Fsp3) is 0.727. The number of methoxy groups -OCH3 is 2. The molecule has 6 rings (SSSR count). The Bertz CT molecular complexity index is 2490. The van der Waals surface area contributed by atoms with Crippen molar-refractivity contribution in [1.29, 1.82) is 10.5 Å². The van der Waals surface area contributed by atoms with Crippen molar-refractivity contribution < 1.29 is 123 Å². The van der Waals surface area contributed by atoms with E-state index in [2.05, 4.69) is 22.1 Å². The third kappa shape index (κ3) is 19.9. The second kappa shape index (κ2) is 37.1. The maximum Gasteiger partial charge on any atom is 0.302 e. The second-order valence-electron chi connectivity index (χ2n) is 20.4. The number of nitriles is 2. The molecule has 490 valence electrons. The molecule has 0 spiro atoms. The second-order valence-corrected chi connectivity index (χ2v) is 20.4. The van der Waals surface area contributed by atoms with Gasteiger partial charge in [-0.3, -0.25) is 14.9 Å². The van der Waals surface area contributed by atoms with Crippen LogP contribution in [0.5, 0.6) is 0 Å². The number of nitro benzene ring substituents is 1. The van der Waals surface area contributed by atoms with Crippen molar-refractivity contribution in [1.82, 2.24) is 0 Å². The van der Waals surface area contributed by atoms with Gasteiger partial charge < -0.3 is 118 Å². The summed E-state index contributed by atoms with van der Waals surface area (Å²) in [6, 6.07) is 11.4. The van der Waals surface area contributed by atoms with E-state index in [1.165, 1.54) is 28.1 Å². The number of aliphatic hydroxyl groups is 12. The Morgan fingerprint density at radius 3 is 1.71 bits per heavy atom. The Morgan fingerprint density at radius 2 is 1.18 bits per heavy atom. The highest BCUT2D eigenvalue weighted by molar-refractivity contribution is 5.67. The van der Waals surface area contributed by atoms with Crippen molar-refractivity contribution in [3.8, 4) is 12.1 Å². The molecule has 20 atom stereocenters. The van der Waals surface area contributed by atoms with Crippen molar-refractivity contribution in [2.45, 2.75) is 177 Å². The van der Waals surface area contributed by atoms with Crippen molar-refractivity contribution in [2.75, 3.05) is 85.1 Å². The summed E-state index contributed by atoms with van der Waals surface area (Å²) in [6.45, 7) is 7.35. The standard InChI is InChI=1S/C29H52O21.C23H24N6O4.C3H8O/c1-10-15(34)16(35)24(13(8-33)45-10)49-28-20(39)18(37)25(50-29-26(43-5-4-30)21(40)23(42-3)12(7-32)47-29)14(48-28)9-44-27-19(38)17(36)22(41-2)11(6-31)46-27;1-4-5-8-28(9-10-33-17(3)30)20-6-7-22(16(2)11-20)26-27-23-18(14-24)12-21(29(31)32)13-19(23)15-25;1-2-3-4/h10-40H,4-9H2,1-3H3;6-7,11-13H,4-5,8-10H2,1-3H3;4H,2-3H2,1H3. The summed E-state index contributed by atoms with van der Waals surface area (Å²) < 4.78 is 61.5. The summed E-state index contributed by atoms with van der Waals surface area (Å²) in [6.07, 6.45) is -26.5. The summed E-state index contributed by atoms with van der Waals surface area (Å²) >= 11 is 0. The van der Waals surface area contributed by atoms with Gasteiger partial charge in [0.25, 0.3) is 5.69 Å². The van der Waals surface area contributed by atoms with Crippen LogP contribution in [0.3, 0.4) is 0 Å². The van der Waals surface area contributed by atoms with E-state index < -0.39 is 161 Å². The summed E-state index contributed by atoms with van der Waals surface area (Å²) in [5, 5.41) is 161. The number of unbranched alkanes of at least 4 members (excludes halogenated alkanes) is 1. The van der Waals surface area contributed by atoms with Crippen LogP contribution in [0.25, 0.3) is 0 Å². The molecule has 2 aromatic carbocycles. The van der Waals surface area contributed by atoms with Gasteiger partial charge in [-0.1, -0.05) is 20.3 Å². The number of nitro groups is 1. The van der Waals surface area contributed by atoms with Crippen LogP contribution in [0.2, 0.25) is 0 Å². The van der Waals surface area contributed by atoms with Gasteiger partial charge in [-0.2, -0.15) is 15.6 Å². The Morgan fingerprint density at radius 1 is 0.655 bits per heavy atom. The van der Waals surface area contributed by atoms with Crippen LogP contribution >= 0.6 is 0 Å². The van der Waals surface area contributed by atoms with Gasteiger partial charge >= 0.3 is 5.97 Å². The van der Waals surface area contributed by atoms with Gasteiger partial charge in [0.1, 0.15) is 122 Å². The molecule has 0 radical (unpaired) electrons. The first-order valence-electron chi connectivity index (χ1n) is 28.1. The van der Waals surface area contributed by atoms with Gasteiger partial charge in [-0.25, -0.2) is 0 Å². The number of azo groups is 1. The van der Waals surface area contributed by atoms with Gasteiger partial charge in [-0.15, -0.1) is 5.11 Å². The monoisotopic (exact) mass is 1240 g/mol. The van der Waals surface area contributed by atoms with Crippen LogP contribution in [0.15, 0.2) is 40.6 Å². The number of hydrogen-bond acceptors (Lipinski definition) is 31. The van der Waals surface area contributed by atoms with Crippen LogP contribution in [-0.4, -0.2) is 275 Å². The average molecular weight is 1250 g/mol. The molecule has 32 nitrogen and oxygen atoms in total. The first-order valence-corrected chi connectivity index (χ1v) is 28.1. The first-order chi connectivity index (χ1) is 41.6. The number of non-ortho nitro benzene ring substituents is 1. The molecule has 0 aromatic heterocycles. The third-order valence-electron chi connectivity index (χ3n) is 14.3. The third-order valence-corrected chi connectivity index (χ3v) is 14.3. The smallest absolute Gasteiger partial charge is 0.302 e. The predicted molar refractivity (Wildman–Crippen MR) is 297 cm³/mol. The molecule has 0 bridgehead atoms. The molecule has 32 heteroatoms. The lowest BCUT2D eigenvalue weighted by Gasteiger charge is -2.49. The SMILES string of the molecule is CCCCN(CCOC(C)=O)c1ccc(N=Nc2c(C#N)cc([N+](=O)[O-])cc2C#N)c(C)c1.CCCO.COC1C(CO)OC(OCC2OC(OC3C(CO)OC(C)C(O)C3O)C(O)C(O)C2OC2OC(CO)C(OC)C(O)C2OCCO)C(O)C1O. The normalized spacial score (nSPS) is 32.4. The number of aryl methyl sites for hydroxylation is 1. The highest BCUT2D eigenvalue weighted by Crippen LogP contribution is 2.36. The number of carbonyl (C=O) groups excluding carboxylic acids is 1. The Balaban J connectivity index is 0.000000378. The molecule has 0 aliphatic carbocycles. The summed E-state index contributed by atoms with van der Waals surface area (Å²) in [5.74, 6) is -0.322. The minimum Gasteiger partial charge on any atom is -0.464 e. The Kier molecular flexibility index (Phi) is 31.7. The lowest BCUT2D eigenvalue weighted by Crippen LogP contribution is -2.67. The number of anilines is 1. The highest BCUT2D eigenvalue weighted by atomic mass is 16.8. The van der Waals surface area contributed by atoms with Crippen LogP contribution in [0, 0.1) is 39.7 Å². The average Bonchev–Trinajstić information content (AvgIpc) is 1.17. The highest BCUT2D eigenvalue weighted by Gasteiger charge is 2.55. The van der Waals surface area contributed by atoms with Gasteiger partial charge in [0.15, 0.2) is 18.9 Å². The zero-order valence-corrected chi connectivity index (χ0v) is 49.4. The maximum atomic E-state index is 11.4. The van der Waals surface area contributed by atoms with E-state index in [1.807, 2.05) is 38.1 Å². The number of aliphatic hydroxyl groups excluding tert-OH is 12. The predicted octanol–water partition coefficient (Wildman–Crippen LogP) is -1.73. The molecule has 4 saturated heterocycles. The van der Waals surface area contributed by atoms with Crippen molar-refractivity contribution in [2.24, 2.45) is 10.2 Å². The Labute approximate surface area is 502 Å². The molecular weight excluding hydrogens is 1160 g/mol. The minimum absolute atomic E-state index is 0.0139. The van der Waals surface area contributed by atoms with E-state index in [9.17, 15) is 81.6 Å².